The summed E-state index contributed by atoms with van der Waals surface area (Å²) in [5.74, 6) is 0.0903. The Labute approximate surface area is 131 Å². The molecule has 5 atom stereocenters. The molecule has 3 heterocycles. The molecule has 2 saturated heterocycles. The minimum atomic E-state index is -4.23. The van der Waals surface area contributed by atoms with Crippen LogP contribution in [0, 0.1) is 0 Å². The number of phosphoric acid groups is 1. The van der Waals surface area contributed by atoms with Crippen LogP contribution in [0.5, 0.6) is 0 Å². The largest absolute Gasteiger partial charge is 0.472 e. The fraction of sp³-hybridized carbons (Fsp3) is 0.667. The van der Waals surface area contributed by atoms with Crippen molar-refractivity contribution in [3.63, 3.8) is 0 Å². The van der Waals surface area contributed by atoms with Crippen LogP contribution in [0.15, 0.2) is 17.1 Å². The average Bonchev–Trinajstić information content (AvgIpc) is 2.99. The number of aromatic nitrogens is 2. The molecule has 2 fully saturated rings. The van der Waals surface area contributed by atoms with E-state index < -0.39 is 37.5 Å². The van der Waals surface area contributed by atoms with E-state index in [2.05, 4.69) is 9.51 Å². The highest BCUT2D eigenvalue weighted by Crippen LogP contribution is 2.54. The third-order valence-corrected chi connectivity index (χ3v) is 5.13. The summed E-state index contributed by atoms with van der Waals surface area (Å²) >= 11 is 0. The number of phosphoric ester groups is 1. The molecule has 3 rings (SSSR count). The van der Waals surface area contributed by atoms with Crippen LogP contribution < -0.4 is 11.4 Å². The van der Waals surface area contributed by atoms with Gasteiger partial charge in [0.1, 0.15) is 23.6 Å². The van der Waals surface area contributed by atoms with Gasteiger partial charge in [0.25, 0.3) is 0 Å². The highest BCUT2D eigenvalue weighted by molar-refractivity contribution is 7.47. The van der Waals surface area contributed by atoms with Crippen LogP contribution >= 0.6 is 7.82 Å². The molecule has 1 aromatic rings. The SMILES string of the molecule is CC[C@@]12CO[C@@H]([C@H]1OP(=O)(O)OC)[C@@H](n1ccc(N)nc1=O)O2. The lowest BCUT2D eigenvalue weighted by Gasteiger charge is -2.30. The van der Waals surface area contributed by atoms with E-state index in [1.165, 1.54) is 16.8 Å². The molecule has 0 spiro atoms. The van der Waals surface area contributed by atoms with Crippen molar-refractivity contribution in [2.24, 2.45) is 0 Å². The first kappa shape index (κ1) is 16.6. The summed E-state index contributed by atoms with van der Waals surface area (Å²) < 4.78 is 34.3. The van der Waals surface area contributed by atoms with E-state index in [4.69, 9.17) is 19.7 Å². The Morgan fingerprint density at radius 3 is 3.00 bits per heavy atom. The Morgan fingerprint density at radius 1 is 1.65 bits per heavy atom. The summed E-state index contributed by atoms with van der Waals surface area (Å²) in [7, 11) is -3.16. The average molecular weight is 347 g/mol. The van der Waals surface area contributed by atoms with Crippen molar-refractivity contribution >= 4 is 13.6 Å². The van der Waals surface area contributed by atoms with E-state index in [0.29, 0.717) is 6.42 Å². The van der Waals surface area contributed by atoms with Gasteiger partial charge < -0.3 is 20.1 Å². The summed E-state index contributed by atoms with van der Waals surface area (Å²) in [5.41, 5.74) is 3.94. The maximum atomic E-state index is 12.0. The highest BCUT2D eigenvalue weighted by Gasteiger charge is 2.63. The molecule has 1 aromatic heterocycles. The van der Waals surface area contributed by atoms with Gasteiger partial charge in [0.15, 0.2) is 6.23 Å². The lowest BCUT2D eigenvalue weighted by atomic mass is 9.96. The zero-order chi connectivity index (χ0) is 16.8. The number of rotatable bonds is 5. The first-order valence-electron chi connectivity index (χ1n) is 7.03. The monoisotopic (exact) mass is 347 g/mol. The number of fused-ring (bicyclic) bond motifs is 2. The molecule has 0 aliphatic carbocycles. The molecule has 0 radical (unpaired) electrons. The normalized spacial score (nSPS) is 35.3. The number of anilines is 1. The van der Waals surface area contributed by atoms with Crippen molar-refractivity contribution in [2.75, 3.05) is 19.5 Å². The lowest BCUT2D eigenvalue weighted by Crippen LogP contribution is -2.41. The summed E-state index contributed by atoms with van der Waals surface area (Å²) in [6.07, 6.45) is -0.516. The standard InChI is InChI=1S/C12H18N3O7P/c1-3-12-6-20-8(9(12)22-23(17,18)19-2)10(21-12)15-5-4-7(13)14-11(15)16/h4-5,8-10H,3,6H2,1-2H3,(H,17,18)(H2,13,14,16)/t8-,9+,10-,12+/m0/s1. The van der Waals surface area contributed by atoms with Crippen molar-refractivity contribution < 1.29 is 28.0 Å². The molecule has 2 bridgehead atoms. The van der Waals surface area contributed by atoms with Gasteiger partial charge in [-0.1, -0.05) is 6.92 Å². The zero-order valence-corrected chi connectivity index (χ0v) is 13.5. The predicted octanol–water partition coefficient (Wildman–Crippen LogP) is 0.0339. The van der Waals surface area contributed by atoms with E-state index in [0.717, 1.165) is 7.11 Å². The van der Waals surface area contributed by atoms with Crippen LogP contribution in [-0.2, 0) is 23.1 Å². The second-order valence-corrected chi connectivity index (χ2v) is 6.93. The Hall–Kier alpha value is -1.29. The van der Waals surface area contributed by atoms with Gasteiger partial charge in [0.05, 0.1) is 6.61 Å². The van der Waals surface area contributed by atoms with Crippen molar-refractivity contribution in [1.82, 2.24) is 9.55 Å². The van der Waals surface area contributed by atoms with Gasteiger partial charge >= 0.3 is 13.5 Å². The Bertz CT molecular complexity index is 710. The van der Waals surface area contributed by atoms with Crippen molar-refractivity contribution in [3.05, 3.63) is 22.7 Å². The van der Waals surface area contributed by atoms with Crippen LogP contribution in [0.1, 0.15) is 19.6 Å². The van der Waals surface area contributed by atoms with Gasteiger partial charge in [-0.15, -0.1) is 0 Å². The van der Waals surface area contributed by atoms with Gasteiger partial charge in [-0.3, -0.25) is 13.6 Å². The van der Waals surface area contributed by atoms with Crippen LogP contribution in [-0.4, -0.2) is 46.0 Å². The van der Waals surface area contributed by atoms with Crippen molar-refractivity contribution in [1.29, 1.82) is 0 Å². The minimum Gasteiger partial charge on any atom is -0.383 e. The number of hydrogen-bond acceptors (Lipinski definition) is 8. The molecule has 0 aromatic carbocycles. The molecule has 2 aliphatic rings. The van der Waals surface area contributed by atoms with Gasteiger partial charge in [-0.2, -0.15) is 4.98 Å². The third-order valence-electron chi connectivity index (χ3n) is 4.18. The Morgan fingerprint density at radius 2 is 2.39 bits per heavy atom. The summed E-state index contributed by atoms with van der Waals surface area (Å²) in [4.78, 5) is 25.3. The molecule has 0 saturated carbocycles. The number of hydrogen-bond donors (Lipinski definition) is 2. The first-order valence-corrected chi connectivity index (χ1v) is 8.52. The molecular formula is C12H18N3O7P. The highest BCUT2D eigenvalue weighted by atomic mass is 31.2. The minimum absolute atomic E-state index is 0.0903. The van der Waals surface area contributed by atoms with E-state index in [-0.39, 0.29) is 12.4 Å². The predicted molar refractivity (Wildman–Crippen MR) is 77.5 cm³/mol. The smallest absolute Gasteiger partial charge is 0.383 e. The topological polar surface area (TPSA) is 135 Å². The Kier molecular flexibility index (Phi) is 4.07. The van der Waals surface area contributed by atoms with Gasteiger partial charge in [0, 0.05) is 13.3 Å². The van der Waals surface area contributed by atoms with Crippen molar-refractivity contribution in [2.45, 2.75) is 37.4 Å². The number of nitrogens with two attached hydrogens (primary N) is 1. The summed E-state index contributed by atoms with van der Waals surface area (Å²) in [5, 5.41) is 0. The fourth-order valence-electron chi connectivity index (χ4n) is 2.91. The van der Waals surface area contributed by atoms with Crippen LogP contribution in [0.25, 0.3) is 0 Å². The molecular weight excluding hydrogens is 329 g/mol. The lowest BCUT2D eigenvalue weighted by molar-refractivity contribution is -0.175. The molecule has 23 heavy (non-hydrogen) atoms. The Balaban J connectivity index is 1.95. The van der Waals surface area contributed by atoms with Gasteiger partial charge in [-0.25, -0.2) is 9.36 Å². The first-order chi connectivity index (χ1) is 10.8. The molecule has 2 aliphatic heterocycles. The molecule has 1 unspecified atom stereocenters. The second kappa shape index (κ2) is 5.66. The molecule has 11 heteroatoms. The summed E-state index contributed by atoms with van der Waals surface area (Å²) in [6.45, 7) is 2.03. The molecule has 128 valence electrons. The third kappa shape index (κ3) is 2.71. The quantitative estimate of drug-likeness (QED) is 0.707. The molecule has 0 amide bonds. The van der Waals surface area contributed by atoms with Crippen LogP contribution in [0.4, 0.5) is 5.82 Å². The number of nitrogens with zero attached hydrogens (tertiary/aromatic N) is 2. The van der Waals surface area contributed by atoms with E-state index in [1.54, 1.807) is 0 Å². The van der Waals surface area contributed by atoms with Crippen LogP contribution in [0.2, 0.25) is 0 Å². The van der Waals surface area contributed by atoms with Crippen LogP contribution in [0.3, 0.4) is 0 Å². The fourth-order valence-corrected chi connectivity index (χ4v) is 3.60. The van der Waals surface area contributed by atoms with E-state index >= 15 is 0 Å². The van der Waals surface area contributed by atoms with E-state index in [9.17, 15) is 14.3 Å². The second-order valence-electron chi connectivity index (χ2n) is 5.42. The maximum absolute atomic E-state index is 12.0. The zero-order valence-electron chi connectivity index (χ0n) is 12.6. The van der Waals surface area contributed by atoms with Gasteiger partial charge in [-0.05, 0) is 12.5 Å². The van der Waals surface area contributed by atoms with E-state index in [1.807, 2.05) is 6.92 Å². The number of ether oxygens (including phenoxy) is 2. The van der Waals surface area contributed by atoms with Crippen molar-refractivity contribution in [3.8, 4) is 0 Å². The van der Waals surface area contributed by atoms with Gasteiger partial charge in [0.2, 0.25) is 0 Å². The maximum Gasteiger partial charge on any atom is 0.472 e. The summed E-state index contributed by atoms with van der Waals surface area (Å²) in [6, 6.07) is 1.46. The molecule has 3 N–H and O–H groups in total. The molecule has 10 nitrogen and oxygen atoms in total. The number of nitrogen functional groups attached to an aromatic ring is 1.